The van der Waals surface area contributed by atoms with E-state index >= 15 is 0 Å². The number of hydrogen-bond donors (Lipinski definition) is 3. The maximum atomic E-state index is 12.5. The Labute approximate surface area is 494 Å². The lowest BCUT2D eigenvalue weighted by molar-refractivity contribution is -0.143. The van der Waals surface area contributed by atoms with Crippen molar-refractivity contribution in [2.24, 2.45) is 0 Å². The van der Waals surface area contributed by atoms with Gasteiger partial charge in [-0.25, -0.2) is 0 Å². The van der Waals surface area contributed by atoms with E-state index in [1.165, 1.54) is 327 Å². The quantitative estimate of drug-likeness (QED) is 0.0320. The van der Waals surface area contributed by atoms with E-state index in [4.69, 9.17) is 4.74 Å². The summed E-state index contributed by atoms with van der Waals surface area (Å²) >= 11 is 0. The zero-order valence-corrected chi connectivity index (χ0v) is 53.6. The van der Waals surface area contributed by atoms with Crippen LogP contribution in [0.4, 0.5) is 0 Å². The number of allylic oxidation sites excluding steroid dienone is 4. The van der Waals surface area contributed by atoms with E-state index in [1.807, 2.05) is 0 Å². The molecule has 0 rings (SSSR count). The van der Waals surface area contributed by atoms with Crippen LogP contribution < -0.4 is 5.32 Å². The van der Waals surface area contributed by atoms with Crippen molar-refractivity contribution in [1.82, 2.24) is 5.32 Å². The maximum Gasteiger partial charge on any atom is 0.305 e. The molecule has 468 valence electrons. The molecule has 0 bridgehead atoms. The number of carbonyl (C=O) groups is 2. The lowest BCUT2D eigenvalue weighted by Gasteiger charge is -2.22. The van der Waals surface area contributed by atoms with Crippen molar-refractivity contribution in [3.05, 3.63) is 24.3 Å². The van der Waals surface area contributed by atoms with Crippen molar-refractivity contribution in [3.8, 4) is 0 Å². The molecule has 3 N–H and O–H groups in total. The highest BCUT2D eigenvalue weighted by atomic mass is 16.5. The second-order valence-corrected chi connectivity index (χ2v) is 24.9. The zero-order chi connectivity index (χ0) is 57.1. The molecule has 6 heteroatoms. The number of hydrogen-bond acceptors (Lipinski definition) is 5. The van der Waals surface area contributed by atoms with Crippen LogP contribution in [0.5, 0.6) is 0 Å². The van der Waals surface area contributed by atoms with E-state index in [0.717, 1.165) is 44.9 Å². The summed E-state index contributed by atoms with van der Waals surface area (Å²) in [6.45, 7) is 4.96. The van der Waals surface area contributed by atoms with Gasteiger partial charge in [-0.2, -0.15) is 0 Å². The molecule has 2 unspecified atom stereocenters. The number of nitrogens with one attached hydrogen (secondary N) is 1. The molecule has 6 nitrogen and oxygen atoms in total. The van der Waals surface area contributed by atoms with Gasteiger partial charge in [-0.1, -0.05) is 340 Å². The van der Waals surface area contributed by atoms with Gasteiger partial charge in [-0.05, 0) is 77.0 Å². The molecule has 0 spiro atoms. The lowest BCUT2D eigenvalue weighted by atomic mass is 10.0. The number of rotatable bonds is 68. The first-order chi connectivity index (χ1) is 39.0. The average Bonchev–Trinajstić information content (AvgIpc) is 3.45. The number of ether oxygens (including phenoxy) is 1. The van der Waals surface area contributed by atoms with E-state index in [9.17, 15) is 19.8 Å². The Kier molecular flexibility index (Phi) is 67.4. The molecule has 0 aliphatic heterocycles. The van der Waals surface area contributed by atoms with Gasteiger partial charge in [0, 0.05) is 12.8 Å². The van der Waals surface area contributed by atoms with Crippen LogP contribution in [0.1, 0.15) is 406 Å². The molecule has 0 fully saturated rings. The standard InChI is InChI=1S/C73H141NO5/c1-3-5-7-9-11-13-15-17-39-42-45-49-53-57-61-65-71(76)70(69-75)74-72(77)66-62-58-54-50-46-43-40-37-35-33-31-29-27-25-23-21-19-18-20-22-24-26-28-30-32-34-36-38-41-44-48-52-56-60-64-68-79-73(78)67-63-59-55-51-47-16-14-12-10-8-6-4-2/h12,14,20,22,70-71,75-76H,3-11,13,15-19,21,23-69H2,1-2H3,(H,74,77)/b14-12-,22-20-. The molecule has 0 aliphatic carbocycles. The minimum absolute atomic E-state index is 0.0106. The van der Waals surface area contributed by atoms with E-state index in [2.05, 4.69) is 43.5 Å². The van der Waals surface area contributed by atoms with Gasteiger partial charge in [-0.15, -0.1) is 0 Å². The molecule has 0 radical (unpaired) electrons. The first-order valence-corrected chi connectivity index (χ1v) is 36.1. The van der Waals surface area contributed by atoms with Crippen molar-refractivity contribution in [2.75, 3.05) is 13.2 Å². The van der Waals surface area contributed by atoms with Gasteiger partial charge in [0.2, 0.25) is 5.91 Å². The largest absolute Gasteiger partial charge is 0.466 e. The lowest BCUT2D eigenvalue weighted by Crippen LogP contribution is -2.45. The number of esters is 1. The topological polar surface area (TPSA) is 95.9 Å². The SMILES string of the molecule is CCCCC/C=C\CCCCCCCC(=O)OCCCCCCCCCCCCCCCC/C=C\CCCCCCCCCCCCCCCCCCCC(=O)NC(CO)C(O)CCCCCCCCCCCCCCCCC. The summed E-state index contributed by atoms with van der Waals surface area (Å²) in [7, 11) is 0. The Hall–Kier alpha value is -1.66. The van der Waals surface area contributed by atoms with Crippen LogP contribution in [0.15, 0.2) is 24.3 Å². The molecule has 0 aromatic carbocycles. The van der Waals surface area contributed by atoms with Crippen LogP contribution in [-0.4, -0.2) is 47.4 Å². The molecule has 0 aliphatic rings. The Bertz CT molecular complexity index is 1230. The van der Waals surface area contributed by atoms with Crippen LogP contribution in [0.25, 0.3) is 0 Å². The van der Waals surface area contributed by atoms with E-state index in [1.54, 1.807) is 0 Å². The number of unbranched alkanes of at least 4 members (excludes halogenated alkanes) is 53. The van der Waals surface area contributed by atoms with E-state index in [0.29, 0.717) is 25.9 Å². The average molecular weight is 1110 g/mol. The number of aliphatic hydroxyl groups is 2. The molecule has 0 aromatic rings. The Balaban J connectivity index is 3.33. The first kappa shape index (κ1) is 77.3. The van der Waals surface area contributed by atoms with Crippen LogP contribution in [0, 0.1) is 0 Å². The number of aliphatic hydroxyl groups excluding tert-OH is 2. The van der Waals surface area contributed by atoms with Crippen molar-refractivity contribution in [1.29, 1.82) is 0 Å². The van der Waals surface area contributed by atoms with Crippen LogP contribution in [0.3, 0.4) is 0 Å². The highest BCUT2D eigenvalue weighted by Gasteiger charge is 2.20. The minimum Gasteiger partial charge on any atom is -0.466 e. The summed E-state index contributed by atoms with van der Waals surface area (Å²) in [5.74, 6) is -0.0177. The van der Waals surface area contributed by atoms with Gasteiger partial charge < -0.3 is 20.3 Å². The summed E-state index contributed by atoms with van der Waals surface area (Å²) in [6.07, 6.45) is 86.7. The van der Waals surface area contributed by atoms with Crippen LogP contribution in [-0.2, 0) is 14.3 Å². The first-order valence-electron chi connectivity index (χ1n) is 36.1. The van der Waals surface area contributed by atoms with E-state index < -0.39 is 12.1 Å². The van der Waals surface area contributed by atoms with Gasteiger partial charge in [0.05, 0.1) is 25.4 Å². The Morgan fingerprint density at radius 3 is 0.924 bits per heavy atom. The summed E-state index contributed by atoms with van der Waals surface area (Å²) in [4.78, 5) is 24.5. The van der Waals surface area contributed by atoms with Gasteiger partial charge in [0.15, 0.2) is 0 Å². The number of carbonyl (C=O) groups excluding carboxylic acids is 2. The van der Waals surface area contributed by atoms with Crippen molar-refractivity contribution >= 4 is 11.9 Å². The van der Waals surface area contributed by atoms with Crippen LogP contribution in [0.2, 0.25) is 0 Å². The molecule has 1 amide bonds. The minimum atomic E-state index is -0.661. The van der Waals surface area contributed by atoms with E-state index in [-0.39, 0.29) is 18.5 Å². The smallest absolute Gasteiger partial charge is 0.305 e. The monoisotopic (exact) mass is 1110 g/mol. The highest BCUT2D eigenvalue weighted by Crippen LogP contribution is 2.19. The maximum absolute atomic E-state index is 12.5. The van der Waals surface area contributed by atoms with Gasteiger partial charge in [0.25, 0.3) is 0 Å². The Morgan fingerprint density at radius 1 is 0.342 bits per heavy atom. The third-order valence-corrected chi connectivity index (χ3v) is 17.0. The van der Waals surface area contributed by atoms with Crippen molar-refractivity contribution in [3.63, 3.8) is 0 Å². The molecular formula is C73H141NO5. The summed E-state index contributed by atoms with van der Waals surface area (Å²) in [6, 6.07) is -0.538. The summed E-state index contributed by atoms with van der Waals surface area (Å²) < 4.78 is 5.48. The molecule has 79 heavy (non-hydrogen) atoms. The van der Waals surface area contributed by atoms with Gasteiger partial charge in [0.1, 0.15) is 0 Å². The second-order valence-electron chi connectivity index (χ2n) is 24.9. The molecule has 0 saturated carbocycles. The molecule has 0 saturated heterocycles. The second kappa shape index (κ2) is 68.8. The third-order valence-electron chi connectivity index (χ3n) is 17.0. The fourth-order valence-corrected chi connectivity index (χ4v) is 11.5. The van der Waals surface area contributed by atoms with Crippen molar-refractivity contribution in [2.45, 2.75) is 418 Å². The summed E-state index contributed by atoms with van der Waals surface area (Å²) in [5, 5.41) is 23.3. The predicted molar refractivity (Wildman–Crippen MR) is 347 cm³/mol. The molecule has 2 atom stereocenters. The Morgan fingerprint density at radius 2 is 0.595 bits per heavy atom. The fraction of sp³-hybridized carbons (Fsp3) is 0.918. The predicted octanol–water partition coefficient (Wildman–Crippen LogP) is 23.3. The van der Waals surface area contributed by atoms with Crippen LogP contribution >= 0.6 is 0 Å². The van der Waals surface area contributed by atoms with Crippen molar-refractivity contribution < 1.29 is 24.5 Å². The highest BCUT2D eigenvalue weighted by molar-refractivity contribution is 5.76. The van der Waals surface area contributed by atoms with Gasteiger partial charge >= 0.3 is 5.97 Å². The molecule has 0 aromatic heterocycles. The fourth-order valence-electron chi connectivity index (χ4n) is 11.5. The number of amides is 1. The molecule has 0 heterocycles. The summed E-state index contributed by atoms with van der Waals surface area (Å²) in [5.41, 5.74) is 0. The third kappa shape index (κ3) is 65.4. The molecular weight excluding hydrogens is 971 g/mol. The van der Waals surface area contributed by atoms with Gasteiger partial charge in [-0.3, -0.25) is 9.59 Å². The normalized spacial score (nSPS) is 12.6. The zero-order valence-electron chi connectivity index (χ0n) is 53.6.